The molecule has 0 aromatic heterocycles. The van der Waals surface area contributed by atoms with Gasteiger partial charge in [-0.25, -0.2) is 0 Å². The molecule has 0 fully saturated rings. The Hall–Kier alpha value is -3.35. The largest absolute Gasteiger partial charge is 0.507 e. The summed E-state index contributed by atoms with van der Waals surface area (Å²) in [6.07, 6.45) is 0. The first kappa shape index (κ1) is 15.5. The fraction of sp³-hybridized carbons (Fsp3) is 0.118. The molecule has 0 bridgehead atoms. The van der Waals surface area contributed by atoms with E-state index in [0.29, 0.717) is 0 Å². The number of carbonyl (C=O) groups excluding carboxylic acids is 3. The minimum atomic E-state index is -0.837. The molecule has 122 valence electrons. The lowest BCUT2D eigenvalue weighted by atomic mass is 9.80. The van der Waals surface area contributed by atoms with Gasteiger partial charge in [0.2, 0.25) is 0 Å². The Morgan fingerprint density at radius 2 is 1.62 bits per heavy atom. The lowest BCUT2D eigenvalue weighted by Crippen LogP contribution is -2.24. The molecule has 0 amide bonds. The maximum Gasteiger partial charge on any atom is 0.199 e. The van der Waals surface area contributed by atoms with Gasteiger partial charge in [0.1, 0.15) is 11.5 Å². The Bertz CT molecular complexity index is 941. The molecular weight excluding hydrogens is 316 g/mol. The number of aromatic hydroxyl groups is 3. The van der Waals surface area contributed by atoms with E-state index < -0.39 is 45.7 Å². The van der Waals surface area contributed by atoms with Crippen LogP contribution in [0.5, 0.6) is 23.0 Å². The summed E-state index contributed by atoms with van der Waals surface area (Å²) < 4.78 is 4.88. The Labute approximate surface area is 135 Å². The topological polar surface area (TPSA) is 121 Å². The van der Waals surface area contributed by atoms with Gasteiger partial charge in [0, 0.05) is 17.2 Å². The summed E-state index contributed by atoms with van der Waals surface area (Å²) in [7, 11) is 1.23. The Kier molecular flexibility index (Phi) is 3.30. The zero-order valence-corrected chi connectivity index (χ0v) is 12.7. The van der Waals surface area contributed by atoms with Crippen LogP contribution in [0, 0.1) is 0 Å². The highest BCUT2D eigenvalue weighted by Crippen LogP contribution is 2.44. The maximum absolute atomic E-state index is 12.8. The average Bonchev–Trinajstić information content (AvgIpc) is 2.53. The number of methoxy groups -OCH3 is 1. The van der Waals surface area contributed by atoms with Crippen molar-refractivity contribution in [1.82, 2.24) is 0 Å². The van der Waals surface area contributed by atoms with Crippen molar-refractivity contribution in [2.45, 2.75) is 6.92 Å². The highest BCUT2D eigenvalue weighted by molar-refractivity contribution is 6.33. The molecule has 0 saturated heterocycles. The molecule has 0 spiro atoms. The summed E-state index contributed by atoms with van der Waals surface area (Å²) in [5, 5.41) is 30.2. The van der Waals surface area contributed by atoms with E-state index >= 15 is 0 Å². The van der Waals surface area contributed by atoms with Crippen LogP contribution in [0.4, 0.5) is 0 Å². The molecule has 7 nitrogen and oxygen atoms in total. The predicted octanol–water partition coefficient (Wildman–Crippen LogP) is 1.79. The van der Waals surface area contributed by atoms with Gasteiger partial charge in [0.05, 0.1) is 23.8 Å². The Morgan fingerprint density at radius 1 is 0.958 bits per heavy atom. The maximum atomic E-state index is 12.8. The van der Waals surface area contributed by atoms with Crippen molar-refractivity contribution in [1.29, 1.82) is 0 Å². The summed E-state index contributed by atoms with van der Waals surface area (Å²) >= 11 is 0. The van der Waals surface area contributed by atoms with Gasteiger partial charge in [-0.05, 0) is 19.1 Å². The number of fused-ring (bicyclic) bond motifs is 2. The normalized spacial score (nSPS) is 12.6. The minimum Gasteiger partial charge on any atom is -0.507 e. The van der Waals surface area contributed by atoms with Crippen LogP contribution in [0.25, 0.3) is 0 Å². The van der Waals surface area contributed by atoms with E-state index in [9.17, 15) is 29.7 Å². The lowest BCUT2D eigenvalue weighted by molar-refractivity contribution is 0.0961. The van der Waals surface area contributed by atoms with Gasteiger partial charge in [-0.1, -0.05) is 0 Å². The first-order valence-corrected chi connectivity index (χ1v) is 6.88. The number of phenolic OH excluding ortho intramolecular Hbond substituents is 3. The van der Waals surface area contributed by atoms with E-state index in [1.54, 1.807) is 0 Å². The molecular formula is C17H12O7. The van der Waals surface area contributed by atoms with E-state index in [0.717, 1.165) is 19.1 Å². The smallest absolute Gasteiger partial charge is 0.199 e. The predicted molar refractivity (Wildman–Crippen MR) is 81.3 cm³/mol. The second-order valence-corrected chi connectivity index (χ2v) is 5.29. The molecule has 1 aliphatic rings. The zero-order chi connectivity index (χ0) is 17.8. The molecule has 0 radical (unpaired) electrons. The number of carbonyl (C=O) groups is 3. The number of benzene rings is 2. The third kappa shape index (κ3) is 1.88. The van der Waals surface area contributed by atoms with Crippen molar-refractivity contribution < 1.29 is 34.4 Å². The number of ketones is 3. The van der Waals surface area contributed by atoms with Gasteiger partial charge in [-0.3, -0.25) is 14.4 Å². The first-order valence-electron chi connectivity index (χ1n) is 6.88. The molecule has 2 aromatic carbocycles. The fourth-order valence-corrected chi connectivity index (χ4v) is 2.87. The third-order valence-electron chi connectivity index (χ3n) is 3.93. The number of rotatable bonds is 2. The van der Waals surface area contributed by atoms with Crippen molar-refractivity contribution in [3.63, 3.8) is 0 Å². The van der Waals surface area contributed by atoms with Crippen LogP contribution in [0.1, 0.15) is 49.1 Å². The molecule has 0 saturated carbocycles. The molecule has 3 rings (SSSR count). The molecule has 0 unspecified atom stereocenters. The fourth-order valence-electron chi connectivity index (χ4n) is 2.87. The van der Waals surface area contributed by atoms with Crippen LogP contribution in [0.2, 0.25) is 0 Å². The van der Waals surface area contributed by atoms with Crippen molar-refractivity contribution in [2.75, 3.05) is 7.11 Å². The SMILES string of the molecule is COc1cc(O)c2c(c1O)C(=O)c1ccc(O)c(C(C)=O)c1C2=O. The van der Waals surface area contributed by atoms with E-state index in [4.69, 9.17) is 4.74 Å². The van der Waals surface area contributed by atoms with Crippen molar-refractivity contribution in [2.24, 2.45) is 0 Å². The van der Waals surface area contributed by atoms with Crippen molar-refractivity contribution >= 4 is 17.3 Å². The number of hydrogen-bond donors (Lipinski definition) is 3. The average molecular weight is 328 g/mol. The van der Waals surface area contributed by atoms with Crippen molar-refractivity contribution in [3.05, 3.63) is 46.0 Å². The molecule has 0 aliphatic heterocycles. The van der Waals surface area contributed by atoms with Crippen molar-refractivity contribution in [3.8, 4) is 23.0 Å². The number of phenols is 3. The number of Topliss-reactive ketones (excluding diaryl/α,β-unsaturated/α-hetero) is 1. The molecule has 2 aromatic rings. The minimum absolute atomic E-state index is 0.140. The Morgan fingerprint density at radius 3 is 2.21 bits per heavy atom. The van der Waals surface area contributed by atoms with Gasteiger partial charge in [-0.2, -0.15) is 0 Å². The van der Waals surface area contributed by atoms with Crippen LogP contribution in [0.15, 0.2) is 18.2 Å². The quantitative estimate of drug-likeness (QED) is 0.484. The molecule has 0 atom stereocenters. The molecule has 7 heteroatoms. The highest BCUT2D eigenvalue weighted by atomic mass is 16.5. The molecule has 0 heterocycles. The monoisotopic (exact) mass is 328 g/mol. The summed E-state index contributed by atoms with van der Waals surface area (Å²) in [4.78, 5) is 37.3. The summed E-state index contributed by atoms with van der Waals surface area (Å²) in [5.41, 5.74) is -1.56. The van der Waals surface area contributed by atoms with Gasteiger partial charge in [0.15, 0.2) is 28.8 Å². The third-order valence-corrected chi connectivity index (χ3v) is 3.93. The van der Waals surface area contributed by atoms with Gasteiger partial charge < -0.3 is 20.1 Å². The van der Waals surface area contributed by atoms with Crippen LogP contribution in [0.3, 0.4) is 0 Å². The first-order chi connectivity index (χ1) is 11.3. The summed E-state index contributed by atoms with van der Waals surface area (Å²) in [6.45, 7) is 1.15. The van der Waals surface area contributed by atoms with Gasteiger partial charge in [0.25, 0.3) is 0 Å². The van der Waals surface area contributed by atoms with E-state index in [-0.39, 0.29) is 22.4 Å². The number of ether oxygens (including phenoxy) is 1. The van der Waals surface area contributed by atoms with Gasteiger partial charge >= 0.3 is 0 Å². The molecule has 3 N–H and O–H groups in total. The molecule has 1 aliphatic carbocycles. The van der Waals surface area contributed by atoms with Crippen LogP contribution in [-0.2, 0) is 0 Å². The number of hydrogen-bond acceptors (Lipinski definition) is 7. The Balaban J connectivity index is 2.43. The zero-order valence-electron chi connectivity index (χ0n) is 12.7. The standard InChI is InChI=1S/C17H12O7/c1-6(18)11-8(19)4-3-7-12(11)17(23)13-9(20)5-10(24-2)16(22)14(13)15(7)21/h3-5,19-20,22H,1-2H3. The van der Waals surface area contributed by atoms with Crippen LogP contribution >= 0.6 is 0 Å². The van der Waals surface area contributed by atoms with E-state index in [1.807, 2.05) is 0 Å². The van der Waals surface area contributed by atoms with E-state index in [1.165, 1.54) is 13.2 Å². The van der Waals surface area contributed by atoms with Gasteiger partial charge in [-0.15, -0.1) is 0 Å². The van der Waals surface area contributed by atoms with Crippen LogP contribution in [-0.4, -0.2) is 39.8 Å². The summed E-state index contributed by atoms with van der Waals surface area (Å²) in [6, 6.07) is 3.32. The van der Waals surface area contributed by atoms with E-state index in [2.05, 4.69) is 0 Å². The highest BCUT2D eigenvalue weighted by Gasteiger charge is 2.39. The lowest BCUT2D eigenvalue weighted by Gasteiger charge is -2.22. The second-order valence-electron chi connectivity index (χ2n) is 5.29. The van der Waals surface area contributed by atoms with Crippen LogP contribution < -0.4 is 4.74 Å². The summed E-state index contributed by atoms with van der Waals surface area (Å²) in [5.74, 6) is -3.95. The second kappa shape index (κ2) is 5.09. The molecule has 24 heavy (non-hydrogen) atoms.